The van der Waals surface area contributed by atoms with E-state index in [2.05, 4.69) is 23.9 Å². The summed E-state index contributed by atoms with van der Waals surface area (Å²) in [5, 5.41) is 8.12. The monoisotopic (exact) mass is 788 g/mol. The SMILES string of the molecule is Cc1cc(OCCCC2=C(C(=O)NS(=O)(=O)c3ccc(C(=O)NCc4ccccc4)o3)Cc3c2ccc(Cl)c3-c2c(C)nn(C(C)C)c2C)cc(C)c1Cl. The van der Waals surface area contributed by atoms with E-state index in [4.69, 9.17) is 37.5 Å². The van der Waals surface area contributed by atoms with E-state index >= 15 is 0 Å². The fourth-order valence-electron chi connectivity index (χ4n) is 6.95. The highest BCUT2D eigenvalue weighted by Crippen LogP contribution is 2.46. The summed E-state index contributed by atoms with van der Waals surface area (Å²) < 4.78 is 42.8. The van der Waals surface area contributed by atoms with Crippen molar-refractivity contribution in [1.29, 1.82) is 0 Å². The van der Waals surface area contributed by atoms with E-state index in [1.165, 1.54) is 6.07 Å². The Labute approximate surface area is 325 Å². The molecule has 2 amide bonds. The van der Waals surface area contributed by atoms with Crippen molar-refractivity contribution >= 4 is 50.6 Å². The second-order valence-electron chi connectivity index (χ2n) is 13.7. The minimum absolute atomic E-state index is 0.110. The molecule has 1 aliphatic carbocycles. The number of nitrogens with one attached hydrogen (secondary N) is 2. The minimum Gasteiger partial charge on any atom is -0.494 e. The maximum Gasteiger partial charge on any atom is 0.297 e. The van der Waals surface area contributed by atoms with Crippen LogP contribution in [0.25, 0.3) is 16.7 Å². The van der Waals surface area contributed by atoms with Crippen LogP contribution in [-0.4, -0.2) is 36.6 Å². The van der Waals surface area contributed by atoms with Crippen molar-refractivity contribution in [1.82, 2.24) is 19.8 Å². The van der Waals surface area contributed by atoms with Gasteiger partial charge in [0.15, 0.2) is 5.76 Å². The van der Waals surface area contributed by atoms with Crippen molar-refractivity contribution < 1.29 is 27.2 Å². The number of furan rings is 1. The van der Waals surface area contributed by atoms with Crippen LogP contribution in [-0.2, 0) is 27.8 Å². The van der Waals surface area contributed by atoms with Crippen molar-refractivity contribution in [3.63, 3.8) is 0 Å². The van der Waals surface area contributed by atoms with Gasteiger partial charge in [-0.15, -0.1) is 0 Å². The van der Waals surface area contributed by atoms with Crippen molar-refractivity contribution in [2.75, 3.05) is 6.61 Å². The number of hydrogen-bond donors (Lipinski definition) is 2. The van der Waals surface area contributed by atoms with Crippen LogP contribution >= 0.6 is 23.2 Å². The van der Waals surface area contributed by atoms with Gasteiger partial charge in [0.25, 0.3) is 21.8 Å². The number of aryl methyl sites for hydroxylation is 3. The normalized spacial score (nSPS) is 12.7. The largest absolute Gasteiger partial charge is 0.494 e. The topological polar surface area (TPSA) is 133 Å². The molecular weight excluding hydrogens is 747 g/mol. The van der Waals surface area contributed by atoms with Gasteiger partial charge < -0.3 is 14.5 Å². The van der Waals surface area contributed by atoms with E-state index in [0.29, 0.717) is 40.8 Å². The first-order valence-corrected chi connectivity index (χ1v) is 19.9. The molecule has 0 saturated carbocycles. The average Bonchev–Trinajstić information content (AvgIpc) is 3.85. The summed E-state index contributed by atoms with van der Waals surface area (Å²) in [6, 6.07) is 19.2. The van der Waals surface area contributed by atoms with E-state index in [0.717, 1.165) is 56.4 Å². The third kappa shape index (κ3) is 7.99. The van der Waals surface area contributed by atoms with E-state index in [-0.39, 0.29) is 30.3 Å². The average molecular weight is 790 g/mol. The third-order valence-electron chi connectivity index (χ3n) is 9.49. The van der Waals surface area contributed by atoms with Gasteiger partial charge in [-0.1, -0.05) is 59.6 Å². The summed E-state index contributed by atoms with van der Waals surface area (Å²) in [4.78, 5) is 26.8. The van der Waals surface area contributed by atoms with Crippen LogP contribution in [0.5, 0.6) is 5.75 Å². The fourth-order valence-corrected chi connectivity index (χ4v) is 8.24. The molecule has 3 aromatic carbocycles. The lowest BCUT2D eigenvalue weighted by atomic mass is 9.93. The number of sulfonamides is 1. The van der Waals surface area contributed by atoms with Crippen LogP contribution in [0.15, 0.2) is 81.8 Å². The Kier molecular flexibility index (Phi) is 11.4. The number of benzene rings is 3. The van der Waals surface area contributed by atoms with Crippen LogP contribution in [0.4, 0.5) is 0 Å². The highest BCUT2D eigenvalue weighted by Gasteiger charge is 2.34. The highest BCUT2D eigenvalue weighted by atomic mass is 35.5. The number of amides is 2. The molecule has 2 heterocycles. The molecule has 0 saturated heterocycles. The molecule has 0 fully saturated rings. The van der Waals surface area contributed by atoms with Gasteiger partial charge in [0.05, 0.1) is 12.3 Å². The number of halogens is 2. The van der Waals surface area contributed by atoms with E-state index in [1.807, 2.05) is 87.0 Å². The molecule has 54 heavy (non-hydrogen) atoms. The predicted molar refractivity (Wildman–Crippen MR) is 210 cm³/mol. The zero-order valence-electron chi connectivity index (χ0n) is 31.0. The van der Waals surface area contributed by atoms with Crippen molar-refractivity contribution in [2.24, 2.45) is 0 Å². The second-order valence-corrected chi connectivity index (χ2v) is 16.1. The summed E-state index contributed by atoms with van der Waals surface area (Å²) >= 11 is 13.3. The number of carbonyl (C=O) groups is 2. The van der Waals surface area contributed by atoms with Crippen molar-refractivity contribution in [2.45, 2.75) is 78.5 Å². The fraction of sp³-hybridized carbons (Fsp3) is 0.293. The zero-order valence-corrected chi connectivity index (χ0v) is 33.3. The number of fused-ring (bicyclic) bond motifs is 1. The Morgan fingerprint density at radius 2 is 1.65 bits per heavy atom. The van der Waals surface area contributed by atoms with Gasteiger partial charge in [-0.05, 0) is 118 Å². The smallest absolute Gasteiger partial charge is 0.297 e. The molecule has 5 aromatic rings. The highest BCUT2D eigenvalue weighted by molar-refractivity contribution is 7.90. The van der Waals surface area contributed by atoms with Gasteiger partial charge in [-0.2, -0.15) is 13.5 Å². The molecular formula is C41H42Cl2N4O6S. The lowest BCUT2D eigenvalue weighted by Crippen LogP contribution is -2.32. The lowest BCUT2D eigenvalue weighted by molar-refractivity contribution is -0.115. The molecule has 10 nitrogen and oxygen atoms in total. The molecule has 2 aromatic heterocycles. The molecule has 1 aliphatic rings. The van der Waals surface area contributed by atoms with Gasteiger partial charge in [0.1, 0.15) is 5.75 Å². The predicted octanol–water partition coefficient (Wildman–Crippen LogP) is 8.87. The summed E-state index contributed by atoms with van der Waals surface area (Å²) in [6.07, 6.45) is 1.08. The summed E-state index contributed by atoms with van der Waals surface area (Å²) in [5.74, 6) is -0.909. The molecule has 282 valence electrons. The van der Waals surface area contributed by atoms with E-state index < -0.39 is 26.9 Å². The molecule has 0 spiro atoms. The summed E-state index contributed by atoms with van der Waals surface area (Å²) in [5.41, 5.74) is 8.65. The van der Waals surface area contributed by atoms with Crippen molar-refractivity contribution in [3.8, 4) is 16.9 Å². The van der Waals surface area contributed by atoms with Gasteiger partial charge in [-0.3, -0.25) is 14.3 Å². The van der Waals surface area contributed by atoms with Gasteiger partial charge in [0, 0.05) is 51.4 Å². The molecule has 2 N–H and O–H groups in total. The van der Waals surface area contributed by atoms with E-state index in [9.17, 15) is 18.0 Å². The molecule has 0 bridgehead atoms. The first-order valence-electron chi connectivity index (χ1n) is 17.6. The first kappa shape index (κ1) is 38.9. The quantitative estimate of drug-likeness (QED) is 0.114. The van der Waals surface area contributed by atoms with Gasteiger partial charge >= 0.3 is 0 Å². The van der Waals surface area contributed by atoms with Crippen LogP contribution in [0.1, 0.15) is 82.5 Å². The maximum atomic E-state index is 14.1. The standard InChI is InChI=1S/C41H42Cl2N4O6S/c1-23(2)47-27(6)37(26(5)45-47)38-32-21-33(30(31(32)14-15-34(38)42)13-10-18-52-29-19-24(3)39(43)25(4)20-29)40(48)46-54(50,51)36-17-16-35(53-36)41(49)44-22-28-11-8-7-9-12-28/h7-9,11-12,14-17,19-20,23H,10,13,18,21-22H2,1-6H3,(H,44,49)(H,46,48). The Morgan fingerprint density at radius 3 is 2.31 bits per heavy atom. The Bertz CT molecular complexity index is 2370. The van der Waals surface area contributed by atoms with E-state index in [1.54, 1.807) is 0 Å². The number of nitrogens with zero attached hydrogens (tertiary/aromatic N) is 2. The number of aromatic nitrogens is 2. The van der Waals surface area contributed by atoms with Crippen LogP contribution in [0.2, 0.25) is 10.0 Å². The van der Waals surface area contributed by atoms with Crippen LogP contribution < -0.4 is 14.8 Å². The maximum absolute atomic E-state index is 14.1. The molecule has 6 rings (SSSR count). The Morgan fingerprint density at radius 1 is 0.944 bits per heavy atom. The Hall–Kier alpha value is -4.84. The summed E-state index contributed by atoms with van der Waals surface area (Å²) in [7, 11) is -4.51. The molecule has 0 radical (unpaired) electrons. The molecule has 13 heteroatoms. The van der Waals surface area contributed by atoms with Crippen molar-refractivity contribution in [3.05, 3.63) is 127 Å². The number of rotatable bonds is 13. The lowest BCUT2D eigenvalue weighted by Gasteiger charge is -2.15. The number of carbonyl (C=O) groups excluding carboxylic acids is 2. The number of ether oxygens (including phenoxy) is 1. The number of hydrogen-bond acceptors (Lipinski definition) is 7. The van der Waals surface area contributed by atoms with Gasteiger partial charge in [-0.25, -0.2) is 4.72 Å². The second kappa shape index (κ2) is 15.9. The zero-order chi connectivity index (χ0) is 38.9. The van der Waals surface area contributed by atoms with Gasteiger partial charge in [0.2, 0.25) is 5.09 Å². The van der Waals surface area contributed by atoms with Crippen LogP contribution in [0.3, 0.4) is 0 Å². The molecule has 0 atom stereocenters. The number of allylic oxidation sites excluding steroid dienone is 1. The Balaban J connectivity index is 1.28. The minimum atomic E-state index is -4.51. The molecule has 0 unspecified atom stereocenters. The first-order chi connectivity index (χ1) is 25.7. The third-order valence-corrected chi connectivity index (χ3v) is 11.6. The van der Waals surface area contributed by atoms with Crippen LogP contribution in [0, 0.1) is 27.7 Å². The summed E-state index contributed by atoms with van der Waals surface area (Å²) in [6.45, 7) is 12.4. The molecule has 0 aliphatic heterocycles.